The minimum absolute atomic E-state index is 0.00850. The van der Waals surface area contributed by atoms with E-state index in [4.69, 9.17) is 17.0 Å². The number of Topliss-reactive ketones (excluding diaryl/α,β-unsaturated/α-hetero) is 3. The van der Waals surface area contributed by atoms with Gasteiger partial charge in [-0.05, 0) is 54.6 Å². The average Bonchev–Trinajstić information content (AvgIpc) is 3.43. The van der Waals surface area contributed by atoms with Gasteiger partial charge >= 0.3 is 0 Å². The molecule has 188 valence electrons. The first kappa shape index (κ1) is 27.3. The molecule has 1 saturated carbocycles. The smallest absolute Gasteiger partial charge is 0.174 e. The molecule has 0 radical (unpaired) electrons. The lowest BCUT2D eigenvalue weighted by atomic mass is 9.71. The van der Waals surface area contributed by atoms with Crippen LogP contribution in [0.4, 0.5) is 0 Å². The van der Waals surface area contributed by atoms with E-state index in [0.29, 0.717) is 17.9 Å². The van der Waals surface area contributed by atoms with Gasteiger partial charge in [0.15, 0.2) is 11.6 Å². The Morgan fingerprint density at radius 3 is 2.46 bits per heavy atom. The minimum Gasteiger partial charge on any atom is -0.301 e. The molecule has 2 aliphatic carbocycles. The normalized spacial score (nSPS) is 21.8. The number of hydrogen-bond acceptors (Lipinski definition) is 4. The molecule has 2 unspecified atom stereocenters. The first-order valence-electron chi connectivity index (χ1n) is 12.7. The number of carbonyl (C=O) groups excluding carboxylic acids is 3. The quantitative estimate of drug-likeness (QED) is 0.355. The Balaban J connectivity index is 1.68. The maximum absolute atomic E-state index is 13.3. The molecule has 5 heteroatoms. The average molecular weight is 496 g/mol. The summed E-state index contributed by atoms with van der Waals surface area (Å²) in [6.07, 6.45) is 8.85. The number of hydrogen-bond donors (Lipinski definition) is 1. The minimum atomic E-state index is -0.681. The molecule has 35 heavy (non-hydrogen) atoms. The van der Waals surface area contributed by atoms with Gasteiger partial charge < -0.3 is 5.41 Å². The van der Waals surface area contributed by atoms with Crippen molar-refractivity contribution in [3.05, 3.63) is 58.1 Å². The Morgan fingerprint density at radius 2 is 1.83 bits per heavy atom. The topological polar surface area (TPSA) is 75.1 Å². The summed E-state index contributed by atoms with van der Waals surface area (Å²) in [5.41, 5.74) is 2.43. The summed E-state index contributed by atoms with van der Waals surface area (Å²) in [6, 6.07) is 7.65. The Hall–Kier alpha value is -2.33. The summed E-state index contributed by atoms with van der Waals surface area (Å²) in [5.74, 6) is -0.590. The van der Waals surface area contributed by atoms with Crippen LogP contribution in [0.2, 0.25) is 5.02 Å². The molecular formula is C30H38ClNO3. The van der Waals surface area contributed by atoms with E-state index in [2.05, 4.69) is 6.08 Å². The summed E-state index contributed by atoms with van der Waals surface area (Å²) in [7, 11) is 0. The predicted octanol–water partition coefficient (Wildman–Crippen LogP) is 6.99. The number of carbonyl (C=O) groups is 3. The van der Waals surface area contributed by atoms with E-state index in [9.17, 15) is 14.4 Å². The molecule has 0 saturated heterocycles. The van der Waals surface area contributed by atoms with Crippen molar-refractivity contribution in [1.29, 1.82) is 5.41 Å². The molecule has 1 aromatic rings. The third kappa shape index (κ3) is 6.46. The standard InChI is InChI=1S/C30H38ClNO3/c1-18(15-22-9-6-7-12-25(22)31)29(35)23-14-13-21(16-23)24-11-8-10-20(24)17-26(34)27(30(3,4)5)28(32)19(2)33/h6-7,9,12,14,16,18,20,24,27,32H,8,10-11,13,15,17H2,1-5H3/t18?,20?,24-,27+/m1/s1. The van der Waals surface area contributed by atoms with Gasteiger partial charge in [0.1, 0.15) is 5.78 Å². The second-order valence-electron chi connectivity index (χ2n) is 11.4. The van der Waals surface area contributed by atoms with Crippen molar-refractivity contribution in [1.82, 2.24) is 0 Å². The lowest BCUT2D eigenvalue weighted by molar-refractivity contribution is -0.125. The fourth-order valence-electron chi connectivity index (χ4n) is 5.77. The lowest BCUT2D eigenvalue weighted by Crippen LogP contribution is -2.39. The molecule has 0 aliphatic heterocycles. The maximum atomic E-state index is 13.3. The van der Waals surface area contributed by atoms with E-state index < -0.39 is 11.3 Å². The zero-order valence-electron chi connectivity index (χ0n) is 21.6. The highest BCUT2D eigenvalue weighted by Gasteiger charge is 2.40. The Labute approximate surface area is 214 Å². The predicted molar refractivity (Wildman–Crippen MR) is 142 cm³/mol. The van der Waals surface area contributed by atoms with Crippen molar-refractivity contribution in [3.8, 4) is 0 Å². The van der Waals surface area contributed by atoms with Gasteiger partial charge in [0, 0.05) is 29.9 Å². The molecule has 2 aliphatic rings. The zero-order chi connectivity index (χ0) is 25.9. The van der Waals surface area contributed by atoms with Gasteiger partial charge in [-0.25, -0.2) is 0 Å². The van der Waals surface area contributed by atoms with Crippen LogP contribution < -0.4 is 0 Å². The lowest BCUT2D eigenvalue weighted by Gasteiger charge is -2.31. The fraction of sp³-hybridized carbons (Fsp3) is 0.533. The van der Waals surface area contributed by atoms with Crippen molar-refractivity contribution < 1.29 is 14.4 Å². The first-order valence-corrected chi connectivity index (χ1v) is 13.1. The van der Waals surface area contributed by atoms with Crippen LogP contribution in [-0.2, 0) is 20.8 Å². The molecule has 4 atom stereocenters. The second kappa shape index (κ2) is 11.2. The number of benzene rings is 1. The van der Waals surface area contributed by atoms with E-state index in [-0.39, 0.29) is 40.8 Å². The van der Waals surface area contributed by atoms with Crippen LogP contribution in [0.15, 0.2) is 47.6 Å². The van der Waals surface area contributed by atoms with Gasteiger partial charge in [-0.15, -0.1) is 0 Å². The van der Waals surface area contributed by atoms with E-state index in [1.807, 2.05) is 58.0 Å². The molecule has 3 rings (SSSR count). The van der Waals surface area contributed by atoms with Crippen LogP contribution in [0.5, 0.6) is 0 Å². The van der Waals surface area contributed by atoms with Crippen molar-refractivity contribution >= 4 is 34.7 Å². The molecule has 0 bridgehead atoms. The fourth-order valence-corrected chi connectivity index (χ4v) is 5.99. The third-order valence-electron chi connectivity index (χ3n) is 7.57. The zero-order valence-corrected chi connectivity index (χ0v) is 22.4. The van der Waals surface area contributed by atoms with Gasteiger partial charge in [0.25, 0.3) is 0 Å². The van der Waals surface area contributed by atoms with Crippen molar-refractivity contribution in [3.63, 3.8) is 0 Å². The molecule has 1 aromatic carbocycles. The largest absolute Gasteiger partial charge is 0.301 e. The third-order valence-corrected chi connectivity index (χ3v) is 7.94. The molecular weight excluding hydrogens is 458 g/mol. The summed E-state index contributed by atoms with van der Waals surface area (Å²) in [6.45, 7) is 9.08. The molecule has 4 nitrogen and oxygen atoms in total. The summed E-state index contributed by atoms with van der Waals surface area (Å²) in [5, 5.41) is 8.94. The van der Waals surface area contributed by atoms with Gasteiger partial charge in [-0.2, -0.15) is 0 Å². The van der Waals surface area contributed by atoms with Crippen LogP contribution in [-0.4, -0.2) is 23.1 Å². The Kier molecular flexibility index (Phi) is 8.69. The number of nitrogens with one attached hydrogen (secondary N) is 1. The van der Waals surface area contributed by atoms with Gasteiger partial charge in [0.2, 0.25) is 0 Å². The van der Waals surface area contributed by atoms with Crippen LogP contribution in [0.1, 0.15) is 72.3 Å². The SMILES string of the molecule is CC(=O)C(=N)[C@H](C(=O)CC1CCC[C@H]1C1=CC(C(=O)C(C)Cc2ccccc2Cl)=CC1)C(C)(C)C. The van der Waals surface area contributed by atoms with Gasteiger partial charge in [0.05, 0.1) is 11.6 Å². The molecule has 1 N–H and O–H groups in total. The van der Waals surface area contributed by atoms with Crippen molar-refractivity contribution in [2.24, 2.45) is 29.1 Å². The number of rotatable bonds is 10. The van der Waals surface area contributed by atoms with E-state index in [0.717, 1.165) is 36.8 Å². The maximum Gasteiger partial charge on any atom is 0.174 e. The van der Waals surface area contributed by atoms with Crippen LogP contribution in [0, 0.1) is 34.5 Å². The van der Waals surface area contributed by atoms with Gasteiger partial charge in [-0.3, -0.25) is 14.4 Å². The number of ketones is 3. The van der Waals surface area contributed by atoms with Crippen LogP contribution >= 0.6 is 11.6 Å². The van der Waals surface area contributed by atoms with Gasteiger partial charge in [-0.1, -0.05) is 81.6 Å². The molecule has 0 spiro atoms. The summed E-state index contributed by atoms with van der Waals surface area (Å²) in [4.78, 5) is 38.4. The summed E-state index contributed by atoms with van der Waals surface area (Å²) < 4.78 is 0. The van der Waals surface area contributed by atoms with Crippen molar-refractivity contribution in [2.75, 3.05) is 0 Å². The Morgan fingerprint density at radius 1 is 1.14 bits per heavy atom. The van der Waals surface area contributed by atoms with E-state index in [1.165, 1.54) is 12.5 Å². The highest BCUT2D eigenvalue weighted by atomic mass is 35.5. The van der Waals surface area contributed by atoms with E-state index in [1.54, 1.807) is 0 Å². The number of allylic oxidation sites excluding steroid dienone is 4. The van der Waals surface area contributed by atoms with E-state index >= 15 is 0 Å². The Bertz CT molecular complexity index is 1080. The summed E-state index contributed by atoms with van der Waals surface area (Å²) >= 11 is 6.29. The molecule has 0 aromatic heterocycles. The monoisotopic (exact) mass is 495 g/mol. The highest BCUT2D eigenvalue weighted by Crippen LogP contribution is 2.44. The highest BCUT2D eigenvalue weighted by molar-refractivity contribution is 6.42. The van der Waals surface area contributed by atoms with Crippen LogP contribution in [0.3, 0.4) is 0 Å². The first-order chi connectivity index (χ1) is 16.4. The van der Waals surface area contributed by atoms with Crippen molar-refractivity contribution in [2.45, 2.75) is 73.1 Å². The number of halogens is 1. The molecule has 0 amide bonds. The second-order valence-corrected chi connectivity index (χ2v) is 11.8. The molecule has 0 heterocycles. The van der Waals surface area contributed by atoms with Crippen LogP contribution in [0.25, 0.3) is 0 Å². The molecule has 1 fully saturated rings.